The first kappa shape index (κ1) is 14.7. The highest BCUT2D eigenvalue weighted by Gasteiger charge is 2.27. The molecule has 1 amide bonds. The molecule has 1 aromatic heterocycles. The minimum Gasteiger partial charge on any atom is -0.337 e. The van der Waals surface area contributed by atoms with Gasteiger partial charge in [0.05, 0.1) is 0 Å². The highest BCUT2D eigenvalue weighted by atomic mass is 16.2. The van der Waals surface area contributed by atoms with Crippen LogP contribution in [0.4, 0.5) is 0 Å². The fraction of sp³-hybridized carbons (Fsp3) is 0.643. The lowest BCUT2D eigenvalue weighted by Crippen LogP contribution is -2.43. The summed E-state index contributed by atoms with van der Waals surface area (Å²) in [5, 5.41) is 9.55. The van der Waals surface area contributed by atoms with E-state index < -0.39 is 0 Å². The van der Waals surface area contributed by atoms with Gasteiger partial charge in [-0.05, 0) is 38.3 Å². The predicted molar refractivity (Wildman–Crippen MR) is 76.7 cm³/mol. The summed E-state index contributed by atoms with van der Waals surface area (Å²) >= 11 is 0. The summed E-state index contributed by atoms with van der Waals surface area (Å²) in [4.78, 5) is 25.0. The number of aromatic nitrogens is 2. The first-order valence-electron chi connectivity index (χ1n) is 7.18. The minimum atomic E-state index is -0.296. The molecule has 1 aliphatic rings. The summed E-state index contributed by atoms with van der Waals surface area (Å²) in [6, 6.07) is 3.63. The van der Waals surface area contributed by atoms with Gasteiger partial charge in [0, 0.05) is 25.2 Å². The third-order valence-corrected chi connectivity index (χ3v) is 3.96. The van der Waals surface area contributed by atoms with E-state index in [9.17, 15) is 9.59 Å². The fourth-order valence-corrected chi connectivity index (χ4v) is 2.77. The highest BCUT2D eigenvalue weighted by molar-refractivity contribution is 5.92. The van der Waals surface area contributed by atoms with Gasteiger partial charge in [-0.2, -0.15) is 5.10 Å². The molecule has 0 atom stereocenters. The SMILES string of the molecule is CCNC1CCC(N(C)C(=O)c2ccc(=O)[nH]n2)CC1. The van der Waals surface area contributed by atoms with Gasteiger partial charge in [-0.3, -0.25) is 9.59 Å². The van der Waals surface area contributed by atoms with Crippen LogP contribution in [-0.2, 0) is 0 Å². The maximum absolute atomic E-state index is 12.3. The predicted octanol–water partition coefficient (Wildman–Crippen LogP) is 0.763. The summed E-state index contributed by atoms with van der Waals surface area (Å²) in [6.45, 7) is 3.11. The largest absolute Gasteiger partial charge is 0.337 e. The van der Waals surface area contributed by atoms with E-state index in [1.54, 1.807) is 4.90 Å². The van der Waals surface area contributed by atoms with Gasteiger partial charge in [0.15, 0.2) is 0 Å². The lowest BCUT2D eigenvalue weighted by atomic mass is 9.90. The first-order chi connectivity index (χ1) is 9.61. The number of hydrogen-bond donors (Lipinski definition) is 2. The van der Waals surface area contributed by atoms with Crippen LogP contribution in [0.25, 0.3) is 0 Å². The van der Waals surface area contributed by atoms with Crippen LogP contribution in [0.1, 0.15) is 43.1 Å². The molecule has 0 bridgehead atoms. The standard InChI is InChI=1S/C14H22N4O2/c1-3-15-10-4-6-11(7-5-10)18(2)14(20)12-8-9-13(19)17-16-12/h8-11,15H,3-7H2,1-2H3,(H,17,19). The monoisotopic (exact) mass is 278 g/mol. The first-order valence-corrected chi connectivity index (χ1v) is 7.18. The molecule has 0 aromatic carbocycles. The Hall–Kier alpha value is -1.69. The molecular weight excluding hydrogens is 256 g/mol. The van der Waals surface area contributed by atoms with E-state index in [1.807, 2.05) is 7.05 Å². The Morgan fingerprint density at radius 3 is 2.65 bits per heavy atom. The van der Waals surface area contributed by atoms with Crippen LogP contribution in [0.3, 0.4) is 0 Å². The van der Waals surface area contributed by atoms with Gasteiger partial charge in [-0.25, -0.2) is 5.10 Å². The molecule has 2 rings (SSSR count). The van der Waals surface area contributed by atoms with Crippen molar-refractivity contribution < 1.29 is 4.79 Å². The third-order valence-electron chi connectivity index (χ3n) is 3.96. The lowest BCUT2D eigenvalue weighted by molar-refractivity contribution is 0.0677. The zero-order valence-electron chi connectivity index (χ0n) is 12.1. The Bertz CT molecular complexity index is 486. The topological polar surface area (TPSA) is 78.1 Å². The molecule has 0 unspecified atom stereocenters. The maximum atomic E-state index is 12.3. The second-order valence-corrected chi connectivity index (χ2v) is 5.29. The molecule has 110 valence electrons. The third kappa shape index (κ3) is 3.45. The summed E-state index contributed by atoms with van der Waals surface area (Å²) < 4.78 is 0. The van der Waals surface area contributed by atoms with Gasteiger partial charge in [0.25, 0.3) is 11.5 Å². The van der Waals surface area contributed by atoms with Crippen molar-refractivity contribution in [1.82, 2.24) is 20.4 Å². The van der Waals surface area contributed by atoms with Crippen molar-refractivity contribution in [2.24, 2.45) is 0 Å². The Kier molecular flexibility index (Phi) is 4.89. The normalized spacial score (nSPS) is 22.5. The van der Waals surface area contributed by atoms with E-state index in [2.05, 4.69) is 22.4 Å². The van der Waals surface area contributed by atoms with Gasteiger partial charge in [-0.15, -0.1) is 0 Å². The van der Waals surface area contributed by atoms with Crippen molar-refractivity contribution in [3.8, 4) is 0 Å². The molecule has 1 fully saturated rings. The van der Waals surface area contributed by atoms with Crippen LogP contribution in [-0.4, -0.2) is 46.7 Å². The molecule has 2 N–H and O–H groups in total. The number of amides is 1. The molecule has 0 saturated heterocycles. The van der Waals surface area contributed by atoms with Crippen LogP contribution < -0.4 is 10.9 Å². The minimum absolute atomic E-state index is 0.131. The molecule has 1 aromatic rings. The summed E-state index contributed by atoms with van der Waals surface area (Å²) in [5.41, 5.74) is -0.00346. The number of nitrogens with one attached hydrogen (secondary N) is 2. The zero-order valence-corrected chi connectivity index (χ0v) is 12.1. The quantitative estimate of drug-likeness (QED) is 0.852. The van der Waals surface area contributed by atoms with Gasteiger partial charge in [0.1, 0.15) is 5.69 Å². The summed E-state index contributed by atoms with van der Waals surface area (Å²) in [5.74, 6) is -0.131. The molecule has 6 heteroatoms. The van der Waals surface area contributed by atoms with E-state index in [4.69, 9.17) is 0 Å². The van der Waals surface area contributed by atoms with Gasteiger partial charge in [0.2, 0.25) is 0 Å². The van der Waals surface area contributed by atoms with Crippen LogP contribution in [0.5, 0.6) is 0 Å². The van der Waals surface area contributed by atoms with Crippen molar-refractivity contribution in [1.29, 1.82) is 0 Å². The van der Waals surface area contributed by atoms with E-state index in [1.165, 1.54) is 12.1 Å². The molecule has 20 heavy (non-hydrogen) atoms. The second kappa shape index (κ2) is 6.65. The zero-order chi connectivity index (χ0) is 14.5. The molecule has 1 aliphatic carbocycles. The van der Waals surface area contributed by atoms with E-state index in [0.717, 1.165) is 32.2 Å². The molecule has 1 heterocycles. The van der Waals surface area contributed by atoms with Gasteiger partial charge in [-0.1, -0.05) is 6.92 Å². The Balaban J connectivity index is 1.94. The van der Waals surface area contributed by atoms with E-state index in [0.29, 0.717) is 11.7 Å². The molecule has 0 aliphatic heterocycles. The van der Waals surface area contributed by atoms with E-state index >= 15 is 0 Å². The molecule has 6 nitrogen and oxygen atoms in total. The summed E-state index contributed by atoms with van der Waals surface area (Å²) in [6.07, 6.45) is 4.19. The van der Waals surface area contributed by atoms with E-state index in [-0.39, 0.29) is 17.5 Å². The Labute approximate surface area is 118 Å². The van der Waals surface area contributed by atoms with Crippen molar-refractivity contribution >= 4 is 5.91 Å². The number of nitrogens with zero attached hydrogens (tertiary/aromatic N) is 2. The fourth-order valence-electron chi connectivity index (χ4n) is 2.77. The van der Waals surface area contributed by atoms with Crippen LogP contribution in [0.2, 0.25) is 0 Å². The maximum Gasteiger partial charge on any atom is 0.274 e. The lowest BCUT2D eigenvalue weighted by Gasteiger charge is -2.34. The average molecular weight is 278 g/mol. The number of rotatable bonds is 4. The molecule has 1 saturated carbocycles. The summed E-state index contributed by atoms with van der Waals surface area (Å²) in [7, 11) is 1.81. The number of aromatic amines is 1. The smallest absolute Gasteiger partial charge is 0.274 e. The average Bonchev–Trinajstić information content (AvgIpc) is 2.48. The molecular formula is C14H22N4O2. The van der Waals surface area contributed by atoms with Crippen LogP contribution in [0, 0.1) is 0 Å². The second-order valence-electron chi connectivity index (χ2n) is 5.29. The van der Waals surface area contributed by atoms with Gasteiger partial charge >= 0.3 is 0 Å². The number of carbonyl (C=O) groups excluding carboxylic acids is 1. The number of carbonyl (C=O) groups is 1. The van der Waals surface area contributed by atoms with Crippen LogP contribution in [0.15, 0.2) is 16.9 Å². The Morgan fingerprint density at radius 1 is 1.40 bits per heavy atom. The highest BCUT2D eigenvalue weighted by Crippen LogP contribution is 2.23. The Morgan fingerprint density at radius 2 is 2.10 bits per heavy atom. The van der Waals surface area contributed by atoms with Crippen molar-refractivity contribution in [3.05, 3.63) is 28.2 Å². The van der Waals surface area contributed by atoms with Crippen molar-refractivity contribution in [2.75, 3.05) is 13.6 Å². The number of H-pyrrole nitrogens is 1. The molecule has 0 spiro atoms. The van der Waals surface area contributed by atoms with Gasteiger partial charge < -0.3 is 10.2 Å². The van der Waals surface area contributed by atoms with Crippen molar-refractivity contribution in [2.45, 2.75) is 44.7 Å². The number of hydrogen-bond acceptors (Lipinski definition) is 4. The van der Waals surface area contributed by atoms with Crippen molar-refractivity contribution in [3.63, 3.8) is 0 Å². The molecule has 0 radical (unpaired) electrons. The van der Waals surface area contributed by atoms with Crippen LogP contribution >= 0.6 is 0 Å².